The zero-order valence-corrected chi connectivity index (χ0v) is 13.3. The lowest BCUT2D eigenvalue weighted by Crippen LogP contribution is -2.20. The lowest BCUT2D eigenvalue weighted by atomic mass is 10.0. The van der Waals surface area contributed by atoms with E-state index in [1.807, 2.05) is 0 Å². The van der Waals surface area contributed by atoms with Gasteiger partial charge in [0, 0.05) is 19.6 Å². The van der Waals surface area contributed by atoms with Crippen LogP contribution in [0.4, 0.5) is 0 Å². The van der Waals surface area contributed by atoms with Gasteiger partial charge in [0.2, 0.25) is 0 Å². The molecular formula is C19H26N2. The molecular weight excluding hydrogens is 256 g/mol. The molecule has 112 valence electrons. The average molecular weight is 282 g/mol. The Morgan fingerprint density at radius 1 is 0.952 bits per heavy atom. The second kappa shape index (κ2) is 7.96. The van der Waals surface area contributed by atoms with Crippen LogP contribution in [0.2, 0.25) is 0 Å². The van der Waals surface area contributed by atoms with Crippen molar-refractivity contribution in [2.24, 2.45) is 0 Å². The van der Waals surface area contributed by atoms with Crippen LogP contribution in [0.15, 0.2) is 54.6 Å². The number of nitrogens with one attached hydrogen (secondary N) is 1. The van der Waals surface area contributed by atoms with Gasteiger partial charge in [-0.15, -0.1) is 0 Å². The molecule has 0 aliphatic heterocycles. The van der Waals surface area contributed by atoms with Crippen molar-refractivity contribution in [3.8, 4) is 0 Å². The van der Waals surface area contributed by atoms with Gasteiger partial charge >= 0.3 is 0 Å². The first-order valence-corrected chi connectivity index (χ1v) is 7.63. The van der Waals surface area contributed by atoms with Crippen molar-refractivity contribution >= 4 is 0 Å². The van der Waals surface area contributed by atoms with Gasteiger partial charge in [-0.3, -0.25) is 0 Å². The molecule has 2 rings (SSSR count). The molecule has 0 fully saturated rings. The Morgan fingerprint density at radius 3 is 2.38 bits per heavy atom. The van der Waals surface area contributed by atoms with Crippen molar-refractivity contribution < 1.29 is 0 Å². The third kappa shape index (κ3) is 5.33. The summed E-state index contributed by atoms with van der Waals surface area (Å²) in [6.45, 7) is 5.19. The predicted molar refractivity (Wildman–Crippen MR) is 90.4 cm³/mol. The first kappa shape index (κ1) is 15.7. The molecule has 0 radical (unpaired) electrons. The van der Waals surface area contributed by atoms with E-state index in [9.17, 15) is 0 Å². The summed E-state index contributed by atoms with van der Waals surface area (Å²) in [6.07, 6.45) is 0. The van der Waals surface area contributed by atoms with Crippen LogP contribution in [-0.2, 0) is 13.1 Å². The van der Waals surface area contributed by atoms with Crippen LogP contribution >= 0.6 is 0 Å². The molecule has 0 saturated heterocycles. The Kier molecular flexibility index (Phi) is 5.97. The fourth-order valence-corrected chi connectivity index (χ4v) is 2.54. The Labute approximate surface area is 128 Å². The zero-order chi connectivity index (χ0) is 15.1. The monoisotopic (exact) mass is 282 g/mol. The summed E-state index contributed by atoms with van der Waals surface area (Å²) in [5, 5.41) is 3.57. The third-order valence-corrected chi connectivity index (χ3v) is 3.64. The molecule has 2 heteroatoms. The highest BCUT2D eigenvalue weighted by Gasteiger charge is 2.04. The molecule has 21 heavy (non-hydrogen) atoms. The fourth-order valence-electron chi connectivity index (χ4n) is 2.54. The number of rotatable bonds is 7. The zero-order valence-electron chi connectivity index (χ0n) is 13.3. The Balaban J connectivity index is 1.83. The first-order chi connectivity index (χ1) is 10.1. The van der Waals surface area contributed by atoms with Crippen LogP contribution in [0.25, 0.3) is 0 Å². The molecule has 1 N–H and O–H groups in total. The second-order valence-electron chi connectivity index (χ2n) is 6.00. The van der Waals surface area contributed by atoms with Gasteiger partial charge in [-0.25, -0.2) is 0 Å². The van der Waals surface area contributed by atoms with Gasteiger partial charge in [-0.05, 0) is 36.7 Å². The smallest absolute Gasteiger partial charge is 0.0227 e. The van der Waals surface area contributed by atoms with Gasteiger partial charge < -0.3 is 10.2 Å². The molecule has 0 aromatic heterocycles. The van der Waals surface area contributed by atoms with E-state index in [0.717, 1.165) is 19.6 Å². The van der Waals surface area contributed by atoms with Crippen molar-refractivity contribution in [2.45, 2.75) is 25.9 Å². The van der Waals surface area contributed by atoms with E-state index >= 15 is 0 Å². The van der Waals surface area contributed by atoms with Crippen molar-refractivity contribution in [3.63, 3.8) is 0 Å². The van der Waals surface area contributed by atoms with Gasteiger partial charge in [0.15, 0.2) is 0 Å². The summed E-state index contributed by atoms with van der Waals surface area (Å²) >= 11 is 0. The number of hydrogen-bond donors (Lipinski definition) is 1. The van der Waals surface area contributed by atoms with Gasteiger partial charge in [0.25, 0.3) is 0 Å². The highest BCUT2D eigenvalue weighted by molar-refractivity contribution is 5.23. The molecule has 2 aromatic rings. The lowest BCUT2D eigenvalue weighted by molar-refractivity contribution is 0.402. The minimum absolute atomic E-state index is 0.538. The van der Waals surface area contributed by atoms with E-state index in [0.29, 0.717) is 5.92 Å². The van der Waals surface area contributed by atoms with Crippen LogP contribution in [0.1, 0.15) is 29.5 Å². The SMILES string of the molecule is CC(CNCc1cccc(CN(C)C)c1)c1ccccc1. The summed E-state index contributed by atoms with van der Waals surface area (Å²) in [5.41, 5.74) is 4.12. The van der Waals surface area contributed by atoms with E-state index in [2.05, 4.69) is 85.8 Å². The molecule has 0 aliphatic rings. The van der Waals surface area contributed by atoms with E-state index in [1.165, 1.54) is 16.7 Å². The number of hydrogen-bond acceptors (Lipinski definition) is 2. The highest BCUT2D eigenvalue weighted by Crippen LogP contribution is 2.13. The molecule has 0 spiro atoms. The maximum absolute atomic E-state index is 3.57. The van der Waals surface area contributed by atoms with Gasteiger partial charge in [-0.1, -0.05) is 61.5 Å². The van der Waals surface area contributed by atoms with Gasteiger partial charge in [0.05, 0.1) is 0 Å². The summed E-state index contributed by atoms with van der Waals surface area (Å²) in [5.74, 6) is 0.538. The topological polar surface area (TPSA) is 15.3 Å². The molecule has 0 bridgehead atoms. The van der Waals surface area contributed by atoms with E-state index in [4.69, 9.17) is 0 Å². The average Bonchev–Trinajstić information content (AvgIpc) is 2.48. The predicted octanol–water partition coefficient (Wildman–Crippen LogP) is 3.64. The lowest BCUT2D eigenvalue weighted by Gasteiger charge is -2.14. The molecule has 2 nitrogen and oxygen atoms in total. The minimum atomic E-state index is 0.538. The molecule has 0 saturated carbocycles. The third-order valence-electron chi connectivity index (χ3n) is 3.64. The quantitative estimate of drug-likeness (QED) is 0.834. The number of nitrogens with zero attached hydrogens (tertiary/aromatic N) is 1. The first-order valence-electron chi connectivity index (χ1n) is 7.63. The second-order valence-corrected chi connectivity index (χ2v) is 6.00. The Morgan fingerprint density at radius 2 is 1.67 bits per heavy atom. The summed E-state index contributed by atoms with van der Waals surface area (Å²) in [7, 11) is 4.21. The summed E-state index contributed by atoms with van der Waals surface area (Å²) < 4.78 is 0. The fraction of sp³-hybridized carbons (Fsp3) is 0.368. The van der Waals surface area contributed by atoms with Crippen molar-refractivity contribution in [1.29, 1.82) is 0 Å². The standard InChI is InChI=1S/C19H26N2/c1-16(19-10-5-4-6-11-19)13-20-14-17-8-7-9-18(12-17)15-21(2)3/h4-12,16,20H,13-15H2,1-3H3. The van der Waals surface area contributed by atoms with E-state index in [1.54, 1.807) is 0 Å². The van der Waals surface area contributed by atoms with Gasteiger partial charge in [-0.2, -0.15) is 0 Å². The Hall–Kier alpha value is -1.64. The van der Waals surface area contributed by atoms with Gasteiger partial charge in [0.1, 0.15) is 0 Å². The molecule has 0 heterocycles. The maximum Gasteiger partial charge on any atom is 0.0227 e. The molecule has 0 aliphatic carbocycles. The van der Waals surface area contributed by atoms with Crippen molar-refractivity contribution in [2.75, 3.05) is 20.6 Å². The number of benzene rings is 2. The molecule has 2 aromatic carbocycles. The minimum Gasteiger partial charge on any atom is -0.312 e. The van der Waals surface area contributed by atoms with Crippen LogP contribution in [-0.4, -0.2) is 25.5 Å². The van der Waals surface area contributed by atoms with Crippen LogP contribution in [0.5, 0.6) is 0 Å². The van der Waals surface area contributed by atoms with Crippen molar-refractivity contribution in [1.82, 2.24) is 10.2 Å². The van der Waals surface area contributed by atoms with E-state index in [-0.39, 0.29) is 0 Å². The van der Waals surface area contributed by atoms with Crippen LogP contribution in [0.3, 0.4) is 0 Å². The normalized spacial score (nSPS) is 12.6. The van der Waals surface area contributed by atoms with Crippen molar-refractivity contribution in [3.05, 3.63) is 71.3 Å². The van der Waals surface area contributed by atoms with E-state index < -0.39 is 0 Å². The molecule has 1 atom stereocenters. The van der Waals surface area contributed by atoms with Crippen LogP contribution in [0, 0.1) is 0 Å². The summed E-state index contributed by atoms with van der Waals surface area (Å²) in [4.78, 5) is 2.20. The Bertz CT molecular complexity index is 534. The molecule has 0 amide bonds. The summed E-state index contributed by atoms with van der Waals surface area (Å²) in [6, 6.07) is 19.5. The highest BCUT2D eigenvalue weighted by atomic mass is 15.0. The largest absolute Gasteiger partial charge is 0.312 e. The maximum atomic E-state index is 3.57. The molecule has 1 unspecified atom stereocenters. The van der Waals surface area contributed by atoms with Crippen LogP contribution < -0.4 is 5.32 Å².